The first-order chi connectivity index (χ1) is 10.5. The third-order valence-corrected chi connectivity index (χ3v) is 3.95. The second kappa shape index (κ2) is 12.1. The van der Waals surface area contributed by atoms with Crippen molar-refractivity contribution in [2.75, 3.05) is 0 Å². The summed E-state index contributed by atoms with van der Waals surface area (Å²) in [6.07, 6.45) is 15.9. The van der Waals surface area contributed by atoms with Crippen molar-refractivity contribution in [3.63, 3.8) is 0 Å². The van der Waals surface area contributed by atoms with Gasteiger partial charge < -0.3 is 4.90 Å². The zero-order chi connectivity index (χ0) is 17.0. The van der Waals surface area contributed by atoms with E-state index in [0.717, 1.165) is 32.1 Å². The second-order valence-electron chi connectivity index (χ2n) is 5.76. The Hall–Kier alpha value is -1.50. The maximum atomic E-state index is 4.31. The summed E-state index contributed by atoms with van der Waals surface area (Å²) in [6.45, 7) is 19.3. The summed E-state index contributed by atoms with van der Waals surface area (Å²) >= 11 is 0. The van der Waals surface area contributed by atoms with E-state index in [2.05, 4.69) is 64.0 Å². The first-order valence-corrected chi connectivity index (χ1v) is 8.58. The van der Waals surface area contributed by atoms with Crippen molar-refractivity contribution in [2.45, 2.75) is 72.8 Å². The molecule has 0 aromatic heterocycles. The summed E-state index contributed by atoms with van der Waals surface area (Å²) in [6, 6.07) is 0.502. The van der Waals surface area contributed by atoms with Gasteiger partial charge >= 0.3 is 0 Å². The maximum absolute atomic E-state index is 4.31. The van der Waals surface area contributed by atoms with Gasteiger partial charge in [-0.3, -0.25) is 0 Å². The average molecular weight is 302 g/mol. The third-order valence-electron chi connectivity index (χ3n) is 3.95. The van der Waals surface area contributed by atoms with Crippen LogP contribution in [0, 0.1) is 0 Å². The highest BCUT2D eigenvalue weighted by atomic mass is 15.2. The van der Waals surface area contributed by atoms with Crippen molar-refractivity contribution in [1.29, 1.82) is 0 Å². The highest BCUT2D eigenvalue weighted by Gasteiger charge is 2.19. The fourth-order valence-corrected chi connectivity index (χ4v) is 2.60. The van der Waals surface area contributed by atoms with Crippen molar-refractivity contribution in [1.82, 2.24) is 4.90 Å². The molecule has 124 valence electrons. The van der Waals surface area contributed by atoms with Gasteiger partial charge in [-0.2, -0.15) is 0 Å². The van der Waals surface area contributed by atoms with E-state index < -0.39 is 0 Å². The van der Waals surface area contributed by atoms with E-state index in [4.69, 9.17) is 0 Å². The van der Waals surface area contributed by atoms with Gasteiger partial charge in [0.15, 0.2) is 0 Å². The van der Waals surface area contributed by atoms with E-state index in [1.165, 1.54) is 17.0 Å². The fourth-order valence-electron chi connectivity index (χ4n) is 2.60. The number of hydrogen-bond acceptors (Lipinski definition) is 1. The van der Waals surface area contributed by atoms with Gasteiger partial charge in [-0.15, -0.1) is 0 Å². The molecular formula is C21H35N. The Balaban J connectivity index is 4.87. The molecule has 1 unspecified atom stereocenters. The number of hydrogen-bond donors (Lipinski definition) is 0. The van der Waals surface area contributed by atoms with Crippen molar-refractivity contribution in [3.05, 3.63) is 60.5 Å². The van der Waals surface area contributed by atoms with Gasteiger partial charge in [0.05, 0.1) is 0 Å². The van der Waals surface area contributed by atoms with Gasteiger partial charge in [0.1, 0.15) is 0 Å². The quantitative estimate of drug-likeness (QED) is 0.380. The molecule has 0 saturated heterocycles. The Morgan fingerprint density at radius 2 is 1.77 bits per heavy atom. The maximum Gasteiger partial charge on any atom is 0.0336 e. The minimum Gasteiger partial charge on any atom is -0.347 e. The summed E-state index contributed by atoms with van der Waals surface area (Å²) < 4.78 is 0. The molecule has 1 atom stereocenters. The standard InChI is InChI=1S/C21H35N/c1-8-12-13-15-18(5)16-17-21(11-4)22(19(6)10-3)20(7)14-9-2/h8,10,12-13,15,21H,5,7,9,11,14,16-17H2,1-4,6H3/b12-8-,15-13-,19-10+. The molecule has 0 spiro atoms. The molecule has 0 aliphatic rings. The molecule has 0 amide bonds. The Labute approximate surface area is 138 Å². The Bertz CT molecular complexity index is 423. The van der Waals surface area contributed by atoms with Gasteiger partial charge in [0.25, 0.3) is 0 Å². The van der Waals surface area contributed by atoms with E-state index in [9.17, 15) is 0 Å². The Kier molecular flexibility index (Phi) is 11.3. The molecule has 0 aliphatic heterocycles. The lowest BCUT2D eigenvalue weighted by Gasteiger charge is -2.35. The average Bonchev–Trinajstić information content (AvgIpc) is 2.51. The lowest BCUT2D eigenvalue weighted by molar-refractivity contribution is 0.280. The predicted molar refractivity (Wildman–Crippen MR) is 102 cm³/mol. The minimum atomic E-state index is 0.502. The van der Waals surface area contributed by atoms with Crippen LogP contribution < -0.4 is 0 Å². The molecule has 22 heavy (non-hydrogen) atoms. The largest absolute Gasteiger partial charge is 0.347 e. The molecule has 0 N–H and O–H groups in total. The lowest BCUT2D eigenvalue weighted by Crippen LogP contribution is -2.32. The molecule has 0 bridgehead atoms. The van der Waals surface area contributed by atoms with Crippen molar-refractivity contribution in [2.24, 2.45) is 0 Å². The van der Waals surface area contributed by atoms with Crippen LogP contribution in [0.15, 0.2) is 60.5 Å². The van der Waals surface area contributed by atoms with E-state index in [1.54, 1.807) is 0 Å². The van der Waals surface area contributed by atoms with Crippen LogP contribution in [-0.2, 0) is 0 Å². The molecule has 0 aromatic rings. The van der Waals surface area contributed by atoms with Gasteiger partial charge in [0, 0.05) is 17.4 Å². The molecule has 1 nitrogen and oxygen atoms in total. The van der Waals surface area contributed by atoms with Crippen molar-refractivity contribution >= 4 is 0 Å². The highest BCUT2D eigenvalue weighted by molar-refractivity contribution is 5.19. The van der Waals surface area contributed by atoms with E-state index in [-0.39, 0.29) is 0 Å². The highest BCUT2D eigenvalue weighted by Crippen LogP contribution is 2.25. The number of allylic oxidation sites excluding steroid dienone is 8. The molecule has 0 radical (unpaired) electrons. The first kappa shape index (κ1) is 20.5. The Morgan fingerprint density at radius 1 is 1.09 bits per heavy atom. The van der Waals surface area contributed by atoms with Crippen molar-refractivity contribution < 1.29 is 0 Å². The predicted octanol–water partition coefficient (Wildman–Crippen LogP) is 6.77. The molecule has 0 aromatic carbocycles. The van der Waals surface area contributed by atoms with Crippen LogP contribution >= 0.6 is 0 Å². The summed E-state index contributed by atoms with van der Waals surface area (Å²) in [5, 5.41) is 0. The third kappa shape index (κ3) is 7.49. The van der Waals surface area contributed by atoms with Crippen LogP contribution in [0.2, 0.25) is 0 Å². The van der Waals surface area contributed by atoms with Gasteiger partial charge in [-0.25, -0.2) is 0 Å². The lowest BCUT2D eigenvalue weighted by atomic mass is 10.0. The van der Waals surface area contributed by atoms with Crippen LogP contribution in [0.1, 0.15) is 66.7 Å². The van der Waals surface area contributed by atoms with Crippen molar-refractivity contribution in [3.8, 4) is 0 Å². The Morgan fingerprint density at radius 3 is 2.27 bits per heavy atom. The monoisotopic (exact) mass is 301 g/mol. The minimum absolute atomic E-state index is 0.502. The molecule has 0 rings (SSSR count). The smallest absolute Gasteiger partial charge is 0.0336 e. The fraction of sp³-hybridized carbons (Fsp3) is 0.524. The summed E-state index contributed by atoms with van der Waals surface area (Å²) in [5.41, 5.74) is 3.73. The second-order valence-corrected chi connectivity index (χ2v) is 5.76. The molecular weight excluding hydrogens is 266 g/mol. The van der Waals surface area contributed by atoms with Gasteiger partial charge in [-0.05, 0) is 46.5 Å². The normalized spacial score (nSPS) is 13.8. The molecule has 0 aliphatic carbocycles. The molecule has 0 saturated carbocycles. The topological polar surface area (TPSA) is 3.24 Å². The summed E-state index contributed by atoms with van der Waals surface area (Å²) in [4.78, 5) is 2.44. The van der Waals surface area contributed by atoms with Gasteiger partial charge in [-0.1, -0.05) is 69.4 Å². The van der Waals surface area contributed by atoms with Crippen LogP contribution in [-0.4, -0.2) is 10.9 Å². The number of rotatable bonds is 11. The zero-order valence-corrected chi connectivity index (χ0v) is 15.4. The van der Waals surface area contributed by atoms with E-state index in [0.29, 0.717) is 6.04 Å². The summed E-state index contributed by atoms with van der Waals surface area (Å²) in [7, 11) is 0. The van der Waals surface area contributed by atoms with E-state index in [1.807, 2.05) is 19.1 Å². The molecule has 0 fully saturated rings. The van der Waals surface area contributed by atoms with Gasteiger partial charge in [0.2, 0.25) is 0 Å². The summed E-state index contributed by atoms with van der Waals surface area (Å²) in [5.74, 6) is 0. The SMILES string of the molecule is C=C(/C=C\C=C/C)CCC(CC)N(C(=C)CCC)/C(C)=C/C. The van der Waals surface area contributed by atoms with Crippen LogP contribution in [0.3, 0.4) is 0 Å². The molecule has 0 heterocycles. The van der Waals surface area contributed by atoms with Crippen LogP contribution in [0.5, 0.6) is 0 Å². The molecule has 1 heteroatoms. The van der Waals surface area contributed by atoms with Crippen LogP contribution in [0.4, 0.5) is 0 Å². The number of nitrogens with zero attached hydrogens (tertiary/aromatic N) is 1. The van der Waals surface area contributed by atoms with E-state index >= 15 is 0 Å². The zero-order valence-electron chi connectivity index (χ0n) is 15.4. The van der Waals surface area contributed by atoms with Crippen LogP contribution in [0.25, 0.3) is 0 Å². The first-order valence-electron chi connectivity index (χ1n) is 8.58.